The van der Waals surface area contributed by atoms with Gasteiger partial charge in [-0.25, -0.2) is 4.79 Å². The highest BCUT2D eigenvalue weighted by molar-refractivity contribution is 6.40. The Morgan fingerprint density at radius 2 is 1.20 bits per heavy atom. The van der Waals surface area contributed by atoms with Crippen molar-refractivity contribution in [3.63, 3.8) is 0 Å². The van der Waals surface area contributed by atoms with Crippen molar-refractivity contribution in [1.82, 2.24) is 0 Å². The normalized spacial score (nSPS) is 10.6. The van der Waals surface area contributed by atoms with E-state index in [1.165, 1.54) is 0 Å². The van der Waals surface area contributed by atoms with Gasteiger partial charge in [0.05, 0.1) is 46.2 Å². The molecule has 0 saturated heterocycles. The van der Waals surface area contributed by atoms with Crippen molar-refractivity contribution < 1.29 is 33.3 Å². The van der Waals surface area contributed by atoms with E-state index < -0.39 is 11.8 Å². The molecular weight excluding hydrogens is 328 g/mol. The molecule has 0 saturated carbocycles. The van der Waals surface area contributed by atoms with Gasteiger partial charge in [0.1, 0.15) is 6.61 Å². The number of ketones is 1. The van der Waals surface area contributed by atoms with Crippen LogP contribution in [0, 0.1) is 0 Å². The standard InChI is InChI=1S/C18H26O7/c1-2-21-8-9-22-10-11-23-12-13-24-14-15-25-18(20)17(19)16-6-4-3-5-7-16/h3-7H,2,8-15H2,1H3. The molecule has 0 atom stereocenters. The molecule has 7 heteroatoms. The second kappa shape index (κ2) is 14.5. The summed E-state index contributed by atoms with van der Waals surface area (Å²) in [4.78, 5) is 23.3. The van der Waals surface area contributed by atoms with Gasteiger partial charge < -0.3 is 23.7 Å². The highest BCUT2D eigenvalue weighted by Gasteiger charge is 2.16. The van der Waals surface area contributed by atoms with E-state index >= 15 is 0 Å². The van der Waals surface area contributed by atoms with E-state index in [4.69, 9.17) is 23.7 Å². The van der Waals surface area contributed by atoms with E-state index in [9.17, 15) is 9.59 Å². The zero-order valence-corrected chi connectivity index (χ0v) is 14.6. The molecule has 1 rings (SSSR count). The summed E-state index contributed by atoms with van der Waals surface area (Å²) in [7, 11) is 0. The Kier molecular flexibility index (Phi) is 12.4. The summed E-state index contributed by atoms with van der Waals surface area (Å²) >= 11 is 0. The van der Waals surface area contributed by atoms with Gasteiger partial charge in [-0.1, -0.05) is 30.3 Å². The van der Waals surface area contributed by atoms with Crippen LogP contribution in [0.25, 0.3) is 0 Å². The molecule has 0 spiro atoms. The monoisotopic (exact) mass is 354 g/mol. The summed E-state index contributed by atoms with van der Waals surface area (Å²) in [6.07, 6.45) is 0. The van der Waals surface area contributed by atoms with Gasteiger partial charge in [0.15, 0.2) is 0 Å². The molecule has 140 valence electrons. The Balaban J connectivity index is 1.90. The van der Waals surface area contributed by atoms with Crippen LogP contribution >= 0.6 is 0 Å². The van der Waals surface area contributed by atoms with E-state index in [0.29, 0.717) is 51.8 Å². The van der Waals surface area contributed by atoms with Crippen molar-refractivity contribution >= 4 is 11.8 Å². The summed E-state index contributed by atoms with van der Waals surface area (Å²) < 4.78 is 25.8. The van der Waals surface area contributed by atoms with Crippen LogP contribution in [0.3, 0.4) is 0 Å². The number of esters is 1. The maximum Gasteiger partial charge on any atom is 0.379 e. The topological polar surface area (TPSA) is 80.3 Å². The average molecular weight is 354 g/mol. The minimum atomic E-state index is -0.879. The highest BCUT2D eigenvalue weighted by Crippen LogP contribution is 2.01. The number of Topliss-reactive ketones (excluding diaryl/α,β-unsaturated/α-hetero) is 1. The van der Waals surface area contributed by atoms with Crippen LogP contribution in [-0.2, 0) is 28.5 Å². The molecule has 0 amide bonds. The first-order valence-corrected chi connectivity index (χ1v) is 8.33. The number of carbonyl (C=O) groups is 2. The van der Waals surface area contributed by atoms with Crippen LogP contribution in [0.1, 0.15) is 17.3 Å². The quantitative estimate of drug-likeness (QED) is 0.204. The Hall–Kier alpha value is -1.80. The fourth-order valence-electron chi connectivity index (χ4n) is 1.77. The lowest BCUT2D eigenvalue weighted by Gasteiger charge is -2.07. The lowest BCUT2D eigenvalue weighted by atomic mass is 10.1. The molecule has 0 aliphatic rings. The van der Waals surface area contributed by atoms with Crippen molar-refractivity contribution in [3.8, 4) is 0 Å². The highest BCUT2D eigenvalue weighted by atomic mass is 16.6. The third kappa shape index (κ3) is 10.6. The lowest BCUT2D eigenvalue weighted by Crippen LogP contribution is -2.20. The molecule has 0 N–H and O–H groups in total. The molecular formula is C18H26O7. The summed E-state index contributed by atoms with van der Waals surface area (Å²) in [5.74, 6) is -1.54. The Morgan fingerprint density at radius 3 is 1.72 bits per heavy atom. The minimum absolute atomic E-state index is 0.0257. The van der Waals surface area contributed by atoms with Crippen LogP contribution in [0.4, 0.5) is 0 Å². The number of hydrogen-bond acceptors (Lipinski definition) is 7. The first-order valence-electron chi connectivity index (χ1n) is 8.33. The van der Waals surface area contributed by atoms with Gasteiger partial charge in [-0.05, 0) is 6.92 Å². The number of rotatable bonds is 15. The summed E-state index contributed by atoms with van der Waals surface area (Å²) in [5.41, 5.74) is 0.310. The maximum atomic E-state index is 11.7. The van der Waals surface area contributed by atoms with Crippen molar-refractivity contribution in [1.29, 1.82) is 0 Å². The lowest BCUT2D eigenvalue weighted by molar-refractivity contribution is -0.139. The molecule has 0 fully saturated rings. The van der Waals surface area contributed by atoms with Crippen LogP contribution in [-0.4, -0.2) is 71.2 Å². The van der Waals surface area contributed by atoms with Crippen molar-refractivity contribution in [2.24, 2.45) is 0 Å². The minimum Gasteiger partial charge on any atom is -0.457 e. The Labute approximate surface area is 148 Å². The fraction of sp³-hybridized carbons (Fsp3) is 0.556. The molecule has 0 aliphatic heterocycles. The van der Waals surface area contributed by atoms with Gasteiger partial charge in [0, 0.05) is 12.2 Å². The second-order valence-electron chi connectivity index (χ2n) is 4.87. The largest absolute Gasteiger partial charge is 0.457 e. The Morgan fingerprint density at radius 1 is 0.720 bits per heavy atom. The maximum absolute atomic E-state index is 11.7. The molecule has 1 aromatic carbocycles. The molecule has 0 bridgehead atoms. The Bertz CT molecular complexity index is 476. The number of carbonyl (C=O) groups excluding carboxylic acids is 2. The predicted molar refractivity (Wildman–Crippen MR) is 90.7 cm³/mol. The van der Waals surface area contributed by atoms with Crippen molar-refractivity contribution in [2.45, 2.75) is 6.92 Å². The first-order chi connectivity index (χ1) is 12.3. The van der Waals surface area contributed by atoms with E-state index in [1.807, 2.05) is 6.92 Å². The third-order valence-corrected chi connectivity index (χ3v) is 3.00. The molecule has 7 nitrogen and oxygen atoms in total. The summed E-state index contributed by atoms with van der Waals surface area (Å²) in [6, 6.07) is 8.28. The first kappa shape index (κ1) is 21.2. The van der Waals surface area contributed by atoms with Gasteiger partial charge in [-0.2, -0.15) is 0 Å². The summed E-state index contributed by atoms with van der Waals surface area (Å²) in [6.45, 7) is 5.79. The molecule has 0 aliphatic carbocycles. The molecule has 25 heavy (non-hydrogen) atoms. The average Bonchev–Trinajstić information content (AvgIpc) is 2.65. The zero-order chi connectivity index (χ0) is 18.2. The van der Waals surface area contributed by atoms with Crippen molar-refractivity contribution in [2.75, 3.05) is 59.5 Å². The summed E-state index contributed by atoms with van der Waals surface area (Å²) in [5, 5.41) is 0. The predicted octanol–water partition coefficient (Wildman–Crippen LogP) is 1.50. The van der Waals surface area contributed by atoms with Crippen LogP contribution in [0.5, 0.6) is 0 Å². The van der Waals surface area contributed by atoms with Crippen LogP contribution in [0.15, 0.2) is 30.3 Å². The SMILES string of the molecule is CCOCCOCCOCCOCCOC(=O)C(=O)c1ccccc1. The van der Waals surface area contributed by atoms with Gasteiger partial charge in [-0.3, -0.25) is 4.79 Å². The van der Waals surface area contributed by atoms with E-state index in [-0.39, 0.29) is 13.2 Å². The third-order valence-electron chi connectivity index (χ3n) is 3.00. The van der Waals surface area contributed by atoms with Gasteiger partial charge in [0.25, 0.3) is 5.78 Å². The van der Waals surface area contributed by atoms with E-state index in [1.54, 1.807) is 30.3 Å². The van der Waals surface area contributed by atoms with Crippen molar-refractivity contribution in [3.05, 3.63) is 35.9 Å². The smallest absolute Gasteiger partial charge is 0.379 e. The second-order valence-corrected chi connectivity index (χ2v) is 4.87. The molecule has 0 aromatic heterocycles. The van der Waals surface area contributed by atoms with Gasteiger partial charge in [0.2, 0.25) is 0 Å². The van der Waals surface area contributed by atoms with Gasteiger partial charge in [-0.15, -0.1) is 0 Å². The molecule has 0 heterocycles. The number of benzene rings is 1. The zero-order valence-electron chi connectivity index (χ0n) is 14.6. The fourth-order valence-corrected chi connectivity index (χ4v) is 1.77. The van der Waals surface area contributed by atoms with E-state index in [2.05, 4.69) is 0 Å². The molecule has 0 radical (unpaired) electrons. The molecule has 1 aromatic rings. The molecule has 0 unspecified atom stereocenters. The van der Waals surface area contributed by atoms with Crippen LogP contribution in [0.2, 0.25) is 0 Å². The van der Waals surface area contributed by atoms with E-state index in [0.717, 1.165) is 0 Å². The van der Waals surface area contributed by atoms with Gasteiger partial charge >= 0.3 is 5.97 Å². The number of hydrogen-bond donors (Lipinski definition) is 0. The van der Waals surface area contributed by atoms with Crippen LogP contribution < -0.4 is 0 Å². The number of ether oxygens (including phenoxy) is 5.